The molecule has 1 aliphatic heterocycles. The van der Waals surface area contributed by atoms with Crippen molar-refractivity contribution in [3.05, 3.63) is 29.3 Å². The summed E-state index contributed by atoms with van der Waals surface area (Å²) in [6.45, 7) is 9.02. The molecule has 0 bridgehead atoms. The minimum Gasteiger partial charge on any atom is -0.487 e. The first-order chi connectivity index (χ1) is 9.29. The molecule has 1 heterocycles. The van der Waals surface area contributed by atoms with E-state index in [2.05, 4.69) is 39.8 Å². The summed E-state index contributed by atoms with van der Waals surface area (Å²) in [6.07, 6.45) is 3.68. The van der Waals surface area contributed by atoms with Gasteiger partial charge < -0.3 is 9.84 Å². The third kappa shape index (κ3) is 2.46. The van der Waals surface area contributed by atoms with Gasteiger partial charge in [0, 0.05) is 12.0 Å². The lowest BCUT2D eigenvalue weighted by Gasteiger charge is -2.50. The molecule has 1 fully saturated rings. The fourth-order valence-corrected chi connectivity index (χ4v) is 4.66. The zero-order valence-corrected chi connectivity index (χ0v) is 13.1. The van der Waals surface area contributed by atoms with Gasteiger partial charge in [0.25, 0.3) is 0 Å². The van der Waals surface area contributed by atoms with Crippen LogP contribution >= 0.6 is 0 Å². The first-order valence-corrected chi connectivity index (χ1v) is 7.76. The summed E-state index contributed by atoms with van der Waals surface area (Å²) < 4.78 is 6.43. The fraction of sp³-hybridized carbons (Fsp3) is 0.667. The lowest BCUT2D eigenvalue weighted by molar-refractivity contribution is -0.0822. The second kappa shape index (κ2) is 4.49. The van der Waals surface area contributed by atoms with Gasteiger partial charge in [0.2, 0.25) is 0 Å². The van der Waals surface area contributed by atoms with E-state index in [1.165, 1.54) is 12.0 Å². The molecule has 1 N–H and O–H groups in total. The van der Waals surface area contributed by atoms with Gasteiger partial charge in [-0.3, -0.25) is 0 Å². The molecule has 1 aliphatic carbocycles. The Balaban J connectivity index is 1.96. The van der Waals surface area contributed by atoms with Crippen LogP contribution in [0.4, 0.5) is 0 Å². The Bertz CT molecular complexity index is 520. The zero-order valence-electron chi connectivity index (χ0n) is 13.1. The quantitative estimate of drug-likeness (QED) is 0.760. The van der Waals surface area contributed by atoms with Crippen molar-refractivity contribution in [2.75, 3.05) is 0 Å². The zero-order chi connectivity index (χ0) is 14.5. The number of aliphatic hydroxyl groups excluding tert-OH is 1. The van der Waals surface area contributed by atoms with E-state index in [0.717, 1.165) is 30.6 Å². The van der Waals surface area contributed by atoms with Crippen molar-refractivity contribution in [3.63, 3.8) is 0 Å². The Labute approximate surface area is 122 Å². The van der Waals surface area contributed by atoms with Crippen molar-refractivity contribution >= 4 is 0 Å². The van der Waals surface area contributed by atoms with Crippen LogP contribution in [-0.4, -0.2) is 10.7 Å². The number of aliphatic hydroxyl groups is 1. The smallest absolute Gasteiger partial charge is 0.125 e. The Morgan fingerprint density at radius 2 is 1.95 bits per heavy atom. The Kier molecular flexibility index (Phi) is 3.13. The number of aryl methyl sites for hydroxylation is 1. The number of hydrogen-bond acceptors (Lipinski definition) is 2. The molecule has 2 unspecified atom stereocenters. The van der Waals surface area contributed by atoms with E-state index in [1.807, 2.05) is 6.07 Å². The molecular formula is C18H26O2. The predicted octanol–water partition coefficient (Wildman–Crippen LogP) is 4.40. The van der Waals surface area contributed by atoms with Gasteiger partial charge in [-0.15, -0.1) is 0 Å². The minimum absolute atomic E-state index is 0.178. The van der Waals surface area contributed by atoms with Crippen LogP contribution in [0, 0.1) is 18.3 Å². The van der Waals surface area contributed by atoms with Crippen molar-refractivity contribution < 1.29 is 9.84 Å². The summed E-state index contributed by atoms with van der Waals surface area (Å²) in [6, 6.07) is 6.16. The summed E-state index contributed by atoms with van der Waals surface area (Å²) in [5.41, 5.74) is 2.26. The van der Waals surface area contributed by atoms with E-state index >= 15 is 0 Å². The molecule has 20 heavy (non-hydrogen) atoms. The van der Waals surface area contributed by atoms with E-state index in [4.69, 9.17) is 4.74 Å². The van der Waals surface area contributed by atoms with Gasteiger partial charge in [-0.2, -0.15) is 0 Å². The van der Waals surface area contributed by atoms with Gasteiger partial charge in [0.05, 0.1) is 6.10 Å². The maximum absolute atomic E-state index is 10.6. The Morgan fingerprint density at radius 3 is 2.65 bits per heavy atom. The summed E-state index contributed by atoms with van der Waals surface area (Å²) in [5, 5.41) is 10.6. The van der Waals surface area contributed by atoms with Crippen LogP contribution in [0.3, 0.4) is 0 Å². The highest BCUT2D eigenvalue weighted by molar-refractivity contribution is 5.41. The van der Waals surface area contributed by atoms with Crippen LogP contribution in [0.2, 0.25) is 0 Å². The first-order valence-electron chi connectivity index (χ1n) is 7.76. The number of fused-ring (bicyclic) bond motifs is 1. The van der Waals surface area contributed by atoms with Crippen LogP contribution in [0.15, 0.2) is 18.2 Å². The lowest BCUT2D eigenvalue weighted by Crippen LogP contribution is -2.49. The molecule has 1 spiro atoms. The van der Waals surface area contributed by atoms with Crippen molar-refractivity contribution in [1.29, 1.82) is 0 Å². The molecule has 1 saturated carbocycles. The number of ether oxygens (including phenoxy) is 1. The van der Waals surface area contributed by atoms with Crippen LogP contribution in [-0.2, 0) is 0 Å². The Morgan fingerprint density at radius 1 is 1.20 bits per heavy atom. The minimum atomic E-state index is -0.389. The third-order valence-corrected chi connectivity index (χ3v) is 4.84. The van der Waals surface area contributed by atoms with E-state index in [0.29, 0.717) is 11.3 Å². The SMILES string of the molecule is Cc1ccc2c(c1)[C@@H](O)CC1(CC(C)CC(C)(C)C1)O2. The van der Waals surface area contributed by atoms with Crippen LogP contribution in [0.1, 0.15) is 63.7 Å². The van der Waals surface area contributed by atoms with Gasteiger partial charge in [-0.1, -0.05) is 32.4 Å². The molecule has 2 nitrogen and oxygen atoms in total. The van der Waals surface area contributed by atoms with Crippen molar-refractivity contribution in [3.8, 4) is 5.75 Å². The van der Waals surface area contributed by atoms with Crippen molar-refractivity contribution in [2.24, 2.45) is 11.3 Å². The largest absolute Gasteiger partial charge is 0.487 e. The molecule has 1 aromatic carbocycles. The normalized spacial score (nSPS) is 35.5. The summed E-state index contributed by atoms with van der Waals surface area (Å²) in [5.74, 6) is 1.54. The van der Waals surface area contributed by atoms with Gasteiger partial charge in [0.15, 0.2) is 0 Å². The molecule has 0 aromatic heterocycles. The van der Waals surface area contributed by atoms with Crippen LogP contribution < -0.4 is 4.74 Å². The predicted molar refractivity (Wildman–Crippen MR) is 80.9 cm³/mol. The van der Waals surface area contributed by atoms with E-state index in [-0.39, 0.29) is 11.7 Å². The third-order valence-electron chi connectivity index (χ3n) is 4.84. The molecule has 2 aliphatic rings. The standard InChI is InChI=1S/C18H26O2/c1-12-5-6-16-14(7-12)15(19)10-18(20-16)9-13(2)8-17(3,4)11-18/h5-7,13,15,19H,8-11H2,1-4H3/t13?,15-,18?/m0/s1. The molecule has 0 amide bonds. The average Bonchev–Trinajstić information content (AvgIpc) is 2.27. The lowest BCUT2D eigenvalue weighted by atomic mass is 9.63. The van der Waals surface area contributed by atoms with E-state index in [9.17, 15) is 5.11 Å². The second-order valence-corrected chi connectivity index (χ2v) is 7.90. The molecule has 2 heteroatoms. The molecule has 0 radical (unpaired) electrons. The Hall–Kier alpha value is -1.02. The summed E-state index contributed by atoms with van der Waals surface area (Å²) in [7, 11) is 0. The maximum atomic E-state index is 10.6. The highest BCUT2D eigenvalue weighted by Gasteiger charge is 2.48. The highest BCUT2D eigenvalue weighted by atomic mass is 16.5. The number of hydrogen-bond donors (Lipinski definition) is 1. The fourth-order valence-electron chi connectivity index (χ4n) is 4.66. The van der Waals surface area contributed by atoms with Gasteiger partial charge in [0.1, 0.15) is 11.4 Å². The van der Waals surface area contributed by atoms with E-state index in [1.54, 1.807) is 0 Å². The monoisotopic (exact) mass is 274 g/mol. The van der Waals surface area contributed by atoms with E-state index < -0.39 is 0 Å². The van der Waals surface area contributed by atoms with Crippen LogP contribution in [0.25, 0.3) is 0 Å². The first kappa shape index (κ1) is 13.9. The topological polar surface area (TPSA) is 29.5 Å². The van der Waals surface area contributed by atoms with Crippen molar-refractivity contribution in [1.82, 2.24) is 0 Å². The number of benzene rings is 1. The van der Waals surface area contributed by atoms with Gasteiger partial charge in [-0.25, -0.2) is 0 Å². The number of rotatable bonds is 0. The van der Waals surface area contributed by atoms with Crippen LogP contribution in [0.5, 0.6) is 5.75 Å². The summed E-state index contributed by atoms with van der Waals surface area (Å²) >= 11 is 0. The van der Waals surface area contributed by atoms with Crippen molar-refractivity contribution in [2.45, 2.75) is 65.1 Å². The molecular weight excluding hydrogens is 248 g/mol. The molecule has 3 rings (SSSR count). The summed E-state index contributed by atoms with van der Waals surface area (Å²) in [4.78, 5) is 0. The van der Waals surface area contributed by atoms with Gasteiger partial charge in [-0.05, 0) is 49.7 Å². The second-order valence-electron chi connectivity index (χ2n) is 7.90. The molecule has 110 valence electrons. The molecule has 0 saturated heterocycles. The van der Waals surface area contributed by atoms with Gasteiger partial charge >= 0.3 is 0 Å². The maximum Gasteiger partial charge on any atom is 0.125 e. The molecule has 3 atom stereocenters. The molecule has 1 aromatic rings. The highest BCUT2D eigenvalue weighted by Crippen LogP contribution is 2.52. The average molecular weight is 274 g/mol.